The van der Waals surface area contributed by atoms with Gasteiger partial charge in [-0.15, -0.1) is 0 Å². The number of rotatable bonds is 0. The van der Waals surface area contributed by atoms with Crippen LogP contribution in [-0.4, -0.2) is 36.2 Å². The highest BCUT2D eigenvalue weighted by Gasteiger charge is 2.31. The molecule has 0 radical (unpaired) electrons. The molecule has 2 aliphatic rings. The average Bonchev–Trinajstić information content (AvgIpc) is 2.19. The van der Waals surface area contributed by atoms with E-state index < -0.39 is 0 Å². The van der Waals surface area contributed by atoms with Gasteiger partial charge in [-0.3, -0.25) is 0 Å². The fourth-order valence-electron chi connectivity index (χ4n) is 1.98. The van der Waals surface area contributed by atoms with Gasteiger partial charge >= 0.3 is 0 Å². The lowest BCUT2D eigenvalue weighted by Crippen LogP contribution is -2.42. The van der Waals surface area contributed by atoms with E-state index in [9.17, 15) is 0 Å². The summed E-state index contributed by atoms with van der Waals surface area (Å²) in [7, 11) is 2.22. The first-order chi connectivity index (χ1) is 4.38. The third-order valence-corrected chi connectivity index (χ3v) is 2.65. The van der Waals surface area contributed by atoms with Gasteiger partial charge in [0.15, 0.2) is 0 Å². The third-order valence-electron chi connectivity index (χ3n) is 2.65. The molecule has 2 bridgehead atoms. The van der Waals surface area contributed by atoms with Crippen LogP contribution in [0.15, 0.2) is 0 Å². The number of nitrogens with zero attached hydrogens (tertiary/aromatic N) is 2. The second-order valence-electron chi connectivity index (χ2n) is 3.11. The van der Waals surface area contributed by atoms with Gasteiger partial charge in [-0.05, 0) is 19.3 Å². The SMILES string of the molecule is CN1C2CCCN1CC2. The molecule has 0 aromatic heterocycles. The van der Waals surface area contributed by atoms with E-state index in [1.54, 1.807) is 0 Å². The standard InChI is InChI=1S/C7H14N2/c1-8-7-3-2-5-9(8)6-4-7/h7H,2-6H2,1H3. The van der Waals surface area contributed by atoms with Crippen LogP contribution in [0.25, 0.3) is 0 Å². The van der Waals surface area contributed by atoms with Crippen molar-refractivity contribution in [1.82, 2.24) is 10.0 Å². The lowest BCUT2D eigenvalue weighted by molar-refractivity contribution is -0.00598. The molecule has 2 heteroatoms. The summed E-state index contributed by atoms with van der Waals surface area (Å²) in [5, 5.41) is 4.89. The van der Waals surface area contributed by atoms with Gasteiger partial charge < -0.3 is 0 Å². The number of hydrogen-bond donors (Lipinski definition) is 0. The summed E-state index contributed by atoms with van der Waals surface area (Å²) in [5.74, 6) is 0. The first kappa shape index (κ1) is 5.69. The number of fused-ring (bicyclic) bond motifs is 2. The van der Waals surface area contributed by atoms with Crippen LogP contribution in [0.2, 0.25) is 0 Å². The summed E-state index contributed by atoms with van der Waals surface area (Å²) >= 11 is 0. The minimum atomic E-state index is 0.888. The van der Waals surface area contributed by atoms with Crippen LogP contribution < -0.4 is 0 Å². The van der Waals surface area contributed by atoms with Crippen LogP contribution in [0, 0.1) is 0 Å². The zero-order valence-electron chi connectivity index (χ0n) is 6.01. The van der Waals surface area contributed by atoms with Crippen LogP contribution in [0.5, 0.6) is 0 Å². The molecule has 2 saturated heterocycles. The maximum absolute atomic E-state index is 2.47. The molecule has 2 nitrogen and oxygen atoms in total. The Morgan fingerprint density at radius 2 is 2.11 bits per heavy atom. The molecule has 0 amide bonds. The normalized spacial score (nSPS) is 43.7. The highest BCUT2D eigenvalue weighted by Crippen LogP contribution is 2.25. The van der Waals surface area contributed by atoms with E-state index in [0.717, 1.165) is 6.04 Å². The Kier molecular flexibility index (Phi) is 1.24. The number of hydrazine groups is 1. The second-order valence-corrected chi connectivity index (χ2v) is 3.11. The van der Waals surface area contributed by atoms with Gasteiger partial charge in [-0.2, -0.15) is 0 Å². The molecule has 0 aliphatic carbocycles. The Morgan fingerprint density at radius 1 is 1.22 bits per heavy atom. The highest BCUT2D eigenvalue weighted by molar-refractivity contribution is 4.81. The van der Waals surface area contributed by atoms with Crippen molar-refractivity contribution in [3.05, 3.63) is 0 Å². The summed E-state index contributed by atoms with van der Waals surface area (Å²) in [5.41, 5.74) is 0. The van der Waals surface area contributed by atoms with Crippen molar-refractivity contribution < 1.29 is 0 Å². The maximum atomic E-state index is 2.47. The lowest BCUT2D eigenvalue weighted by Gasteiger charge is -2.32. The third kappa shape index (κ3) is 0.775. The van der Waals surface area contributed by atoms with Gasteiger partial charge in [0.25, 0.3) is 0 Å². The molecule has 2 rings (SSSR count). The maximum Gasteiger partial charge on any atom is 0.0256 e. The summed E-state index contributed by atoms with van der Waals surface area (Å²) in [4.78, 5) is 0. The molecular weight excluding hydrogens is 112 g/mol. The Labute approximate surface area is 56.4 Å². The fourth-order valence-corrected chi connectivity index (χ4v) is 1.98. The molecule has 2 aliphatic heterocycles. The zero-order chi connectivity index (χ0) is 6.27. The van der Waals surface area contributed by atoms with E-state index >= 15 is 0 Å². The van der Waals surface area contributed by atoms with Gasteiger partial charge in [0, 0.05) is 26.2 Å². The van der Waals surface area contributed by atoms with Gasteiger partial charge in [0.1, 0.15) is 0 Å². The molecule has 2 fully saturated rings. The summed E-state index contributed by atoms with van der Waals surface area (Å²) < 4.78 is 0. The second kappa shape index (κ2) is 1.96. The van der Waals surface area contributed by atoms with Crippen molar-refractivity contribution in [3.63, 3.8) is 0 Å². The van der Waals surface area contributed by atoms with Crippen molar-refractivity contribution in [2.24, 2.45) is 0 Å². The summed E-state index contributed by atoms with van der Waals surface area (Å²) in [6.07, 6.45) is 4.23. The van der Waals surface area contributed by atoms with Gasteiger partial charge in [0.05, 0.1) is 0 Å². The topological polar surface area (TPSA) is 6.48 Å². The molecule has 52 valence electrons. The molecule has 0 aromatic carbocycles. The molecule has 0 spiro atoms. The van der Waals surface area contributed by atoms with Crippen LogP contribution in [0.3, 0.4) is 0 Å². The number of hydrogen-bond acceptors (Lipinski definition) is 2. The minimum Gasteiger partial charge on any atom is -0.242 e. The lowest BCUT2D eigenvalue weighted by atomic mass is 10.1. The highest BCUT2D eigenvalue weighted by atomic mass is 15.6. The largest absolute Gasteiger partial charge is 0.242 e. The van der Waals surface area contributed by atoms with Crippen molar-refractivity contribution in [1.29, 1.82) is 0 Å². The van der Waals surface area contributed by atoms with E-state index in [2.05, 4.69) is 17.1 Å². The molecule has 0 N–H and O–H groups in total. The van der Waals surface area contributed by atoms with Gasteiger partial charge in [0.2, 0.25) is 0 Å². The van der Waals surface area contributed by atoms with Crippen molar-refractivity contribution in [2.45, 2.75) is 25.3 Å². The van der Waals surface area contributed by atoms with E-state index in [1.165, 1.54) is 32.4 Å². The molecule has 2 heterocycles. The summed E-state index contributed by atoms with van der Waals surface area (Å²) in [6, 6.07) is 0.888. The Balaban J connectivity index is 2.10. The van der Waals surface area contributed by atoms with Crippen molar-refractivity contribution in [3.8, 4) is 0 Å². The van der Waals surface area contributed by atoms with Crippen LogP contribution in [-0.2, 0) is 0 Å². The molecule has 0 saturated carbocycles. The fraction of sp³-hybridized carbons (Fsp3) is 1.00. The molecule has 0 aromatic rings. The monoisotopic (exact) mass is 126 g/mol. The molecule has 2 atom stereocenters. The van der Waals surface area contributed by atoms with Gasteiger partial charge in [-0.1, -0.05) is 0 Å². The van der Waals surface area contributed by atoms with Crippen molar-refractivity contribution >= 4 is 0 Å². The van der Waals surface area contributed by atoms with Gasteiger partial charge in [-0.25, -0.2) is 10.0 Å². The Hall–Kier alpha value is -0.0800. The first-order valence-electron chi connectivity index (χ1n) is 3.85. The average molecular weight is 126 g/mol. The predicted molar refractivity (Wildman–Crippen MR) is 37.0 cm³/mol. The minimum absolute atomic E-state index is 0.888. The molecular formula is C7H14N2. The van der Waals surface area contributed by atoms with E-state index in [1.807, 2.05) is 0 Å². The molecule has 9 heavy (non-hydrogen) atoms. The predicted octanol–water partition coefficient (Wildman–Crippen LogP) is 0.701. The van der Waals surface area contributed by atoms with E-state index in [0.29, 0.717) is 0 Å². The Morgan fingerprint density at radius 3 is 2.78 bits per heavy atom. The van der Waals surface area contributed by atoms with Crippen LogP contribution in [0.4, 0.5) is 0 Å². The Bertz CT molecular complexity index is 97.5. The summed E-state index contributed by atoms with van der Waals surface area (Å²) in [6.45, 7) is 2.61. The molecule has 2 unspecified atom stereocenters. The van der Waals surface area contributed by atoms with E-state index in [4.69, 9.17) is 0 Å². The van der Waals surface area contributed by atoms with E-state index in [-0.39, 0.29) is 0 Å². The van der Waals surface area contributed by atoms with Crippen LogP contribution in [0.1, 0.15) is 19.3 Å². The first-order valence-corrected chi connectivity index (χ1v) is 3.85. The smallest absolute Gasteiger partial charge is 0.0256 e. The van der Waals surface area contributed by atoms with Crippen LogP contribution >= 0.6 is 0 Å². The zero-order valence-corrected chi connectivity index (χ0v) is 6.01. The van der Waals surface area contributed by atoms with Crippen molar-refractivity contribution in [2.75, 3.05) is 20.1 Å². The quantitative estimate of drug-likeness (QED) is 0.471.